The maximum Gasteiger partial charge on any atom is 0.333 e. The second-order valence-corrected chi connectivity index (χ2v) is 8.55. The Labute approximate surface area is 205 Å². The first-order valence-corrected chi connectivity index (χ1v) is 11.4. The van der Waals surface area contributed by atoms with Gasteiger partial charge in [0.05, 0.1) is 7.11 Å². The summed E-state index contributed by atoms with van der Waals surface area (Å²) in [6, 6.07) is 15.9. The van der Waals surface area contributed by atoms with E-state index >= 15 is 0 Å². The second-order valence-electron chi connectivity index (χ2n) is 8.55. The lowest BCUT2D eigenvalue weighted by molar-refractivity contribution is -0.144. The number of esters is 1. The number of hydrogen-bond acceptors (Lipinski definition) is 6. The number of methoxy groups -OCH3 is 1. The molecule has 36 heavy (non-hydrogen) atoms. The van der Waals surface area contributed by atoms with E-state index in [9.17, 15) is 14.4 Å². The molecule has 0 aliphatic rings. The Kier molecular flexibility index (Phi) is 5.51. The first-order valence-electron chi connectivity index (χ1n) is 11.4. The Balaban J connectivity index is 1.70. The zero-order valence-corrected chi connectivity index (χ0v) is 20.6. The van der Waals surface area contributed by atoms with Gasteiger partial charge < -0.3 is 9.47 Å². The minimum absolute atomic E-state index is 0.214. The lowest BCUT2D eigenvalue weighted by Crippen LogP contribution is -2.43. The molecule has 0 N–H and O–H groups in total. The maximum atomic E-state index is 13.5. The molecule has 0 fully saturated rings. The molecule has 0 unspecified atom stereocenters. The average Bonchev–Trinajstić information content (AvgIpc) is 3.38. The highest BCUT2D eigenvalue weighted by Gasteiger charge is 2.27. The summed E-state index contributed by atoms with van der Waals surface area (Å²) in [4.78, 5) is 43.4. The molecule has 0 aliphatic heterocycles. The predicted octanol–water partition coefficient (Wildman–Crippen LogP) is 3.28. The largest absolute Gasteiger partial charge is 0.467 e. The van der Waals surface area contributed by atoms with Crippen molar-refractivity contribution in [3.63, 3.8) is 0 Å². The van der Waals surface area contributed by atoms with Gasteiger partial charge in [0.1, 0.15) is 17.5 Å². The molecule has 10 nitrogen and oxygen atoms in total. The number of nitrogens with zero attached hydrogens (tertiary/aromatic N) is 5. The normalized spacial score (nSPS) is 12.2. The summed E-state index contributed by atoms with van der Waals surface area (Å²) in [5.74, 6) is 1.21. The van der Waals surface area contributed by atoms with Gasteiger partial charge >= 0.3 is 11.7 Å². The molecule has 2 aromatic carbocycles. The molecular formula is C26H25N5O5. The molecule has 0 aliphatic carbocycles. The van der Waals surface area contributed by atoms with Crippen molar-refractivity contribution >= 4 is 22.9 Å². The Morgan fingerprint density at radius 2 is 1.58 bits per heavy atom. The fraction of sp³-hybridized carbons (Fsp3) is 0.231. The summed E-state index contributed by atoms with van der Waals surface area (Å²) in [7, 11) is 2.74. The summed E-state index contributed by atoms with van der Waals surface area (Å²) >= 11 is 0. The van der Waals surface area contributed by atoms with Gasteiger partial charge in [-0.2, -0.15) is 4.98 Å². The van der Waals surface area contributed by atoms with Crippen LogP contribution in [0.2, 0.25) is 0 Å². The zero-order valence-electron chi connectivity index (χ0n) is 20.6. The topological polar surface area (TPSA) is 102 Å². The molecular weight excluding hydrogens is 462 g/mol. The fourth-order valence-corrected chi connectivity index (χ4v) is 4.43. The first-order chi connectivity index (χ1) is 17.2. The number of aromatic nitrogens is 5. The van der Waals surface area contributed by atoms with Crippen LogP contribution in [0, 0.1) is 13.8 Å². The molecule has 0 saturated carbocycles. The fourth-order valence-electron chi connectivity index (χ4n) is 4.43. The number of fused-ring (bicyclic) bond motifs is 3. The van der Waals surface area contributed by atoms with Gasteiger partial charge in [0, 0.05) is 24.1 Å². The summed E-state index contributed by atoms with van der Waals surface area (Å²) in [5, 5.41) is 0. The van der Waals surface area contributed by atoms with Crippen LogP contribution >= 0.6 is 0 Å². The summed E-state index contributed by atoms with van der Waals surface area (Å²) in [6.45, 7) is 5.27. The van der Waals surface area contributed by atoms with Gasteiger partial charge in [0.2, 0.25) is 5.78 Å². The summed E-state index contributed by atoms with van der Waals surface area (Å²) < 4.78 is 16.5. The lowest BCUT2D eigenvalue weighted by atomic mass is 10.2. The van der Waals surface area contributed by atoms with E-state index < -0.39 is 23.3 Å². The number of imidazole rings is 2. The third-order valence-corrected chi connectivity index (χ3v) is 6.47. The monoisotopic (exact) mass is 487 g/mol. The van der Waals surface area contributed by atoms with Crippen molar-refractivity contribution in [3.05, 3.63) is 86.8 Å². The minimum Gasteiger partial charge on any atom is -0.467 e. The SMILES string of the molecule is COC(=O)[C@@H](C)n1c(=O)c2c(nc3n(-c4ccc(Oc5ccccc5)cc4)c(C)c(C)n23)n(C)c1=O. The van der Waals surface area contributed by atoms with Crippen LogP contribution in [-0.2, 0) is 16.6 Å². The van der Waals surface area contributed by atoms with Gasteiger partial charge in [-0.15, -0.1) is 0 Å². The molecule has 0 bridgehead atoms. The molecule has 3 heterocycles. The van der Waals surface area contributed by atoms with Crippen LogP contribution in [0.15, 0.2) is 64.2 Å². The van der Waals surface area contributed by atoms with E-state index in [4.69, 9.17) is 9.47 Å². The van der Waals surface area contributed by atoms with E-state index in [1.807, 2.05) is 73.0 Å². The van der Waals surface area contributed by atoms with Crippen molar-refractivity contribution in [1.82, 2.24) is 23.1 Å². The van der Waals surface area contributed by atoms with Crippen molar-refractivity contribution in [2.45, 2.75) is 26.8 Å². The van der Waals surface area contributed by atoms with E-state index in [2.05, 4.69) is 4.98 Å². The number of carbonyl (C=O) groups excluding carboxylic acids is 1. The van der Waals surface area contributed by atoms with Crippen LogP contribution in [0.1, 0.15) is 24.4 Å². The van der Waals surface area contributed by atoms with Crippen LogP contribution in [0.25, 0.3) is 22.6 Å². The second kappa shape index (κ2) is 8.56. The van der Waals surface area contributed by atoms with Crippen LogP contribution < -0.4 is 16.0 Å². The van der Waals surface area contributed by atoms with E-state index in [0.717, 1.165) is 27.4 Å². The quantitative estimate of drug-likeness (QED) is 0.353. The lowest BCUT2D eigenvalue weighted by Gasteiger charge is -2.13. The average molecular weight is 488 g/mol. The summed E-state index contributed by atoms with van der Waals surface area (Å²) in [5.41, 5.74) is 1.66. The predicted molar refractivity (Wildman–Crippen MR) is 134 cm³/mol. The van der Waals surface area contributed by atoms with Crippen LogP contribution in [-0.4, -0.2) is 36.2 Å². The van der Waals surface area contributed by atoms with Gasteiger partial charge in [0.25, 0.3) is 5.56 Å². The number of aryl methyl sites for hydroxylation is 2. The molecule has 1 atom stereocenters. The highest BCUT2D eigenvalue weighted by molar-refractivity contribution is 5.78. The molecule has 0 radical (unpaired) electrons. The van der Waals surface area contributed by atoms with E-state index in [0.29, 0.717) is 11.5 Å². The number of rotatable bonds is 5. The Hall–Kier alpha value is -4.60. The molecule has 10 heteroatoms. The number of hydrogen-bond donors (Lipinski definition) is 0. The van der Waals surface area contributed by atoms with E-state index in [-0.39, 0.29) is 11.2 Å². The first kappa shape index (κ1) is 23.2. The standard InChI is InChI=1S/C26H25N5O5/c1-15-16(2)30-21-22(28(4)26(34)31(23(21)32)17(3)24(33)35-5)27-25(30)29(15)18-11-13-20(14-12-18)36-19-9-7-6-8-10-19/h6-14,17H,1-5H3/t17-/m1/s1. The molecule has 0 spiro atoms. The molecule has 5 rings (SSSR count). The highest BCUT2D eigenvalue weighted by Crippen LogP contribution is 2.27. The molecule has 184 valence electrons. The van der Waals surface area contributed by atoms with Crippen molar-refractivity contribution in [2.24, 2.45) is 7.05 Å². The van der Waals surface area contributed by atoms with Gasteiger partial charge in [0.15, 0.2) is 11.2 Å². The zero-order chi connectivity index (χ0) is 25.7. The minimum atomic E-state index is -1.09. The highest BCUT2D eigenvalue weighted by atomic mass is 16.5. The van der Waals surface area contributed by atoms with Gasteiger partial charge in [-0.05, 0) is 57.2 Å². The number of carbonyl (C=O) groups is 1. The molecule has 5 aromatic rings. The van der Waals surface area contributed by atoms with Crippen LogP contribution in [0.5, 0.6) is 11.5 Å². The van der Waals surface area contributed by atoms with E-state index in [1.165, 1.54) is 25.6 Å². The Morgan fingerprint density at radius 3 is 2.22 bits per heavy atom. The van der Waals surface area contributed by atoms with Crippen molar-refractivity contribution in [2.75, 3.05) is 7.11 Å². The molecule has 0 saturated heterocycles. The number of ether oxygens (including phenoxy) is 2. The molecule has 0 amide bonds. The third kappa shape index (κ3) is 3.41. The van der Waals surface area contributed by atoms with Gasteiger partial charge in [-0.1, -0.05) is 18.2 Å². The number of para-hydroxylation sites is 1. The van der Waals surface area contributed by atoms with Crippen molar-refractivity contribution in [1.29, 1.82) is 0 Å². The maximum absolute atomic E-state index is 13.5. The van der Waals surface area contributed by atoms with Crippen molar-refractivity contribution < 1.29 is 14.3 Å². The van der Waals surface area contributed by atoms with Crippen molar-refractivity contribution in [3.8, 4) is 17.2 Å². The number of benzene rings is 2. The summed E-state index contributed by atoms with van der Waals surface area (Å²) in [6.07, 6.45) is 0. The Bertz CT molecular complexity index is 1740. The smallest absolute Gasteiger partial charge is 0.333 e. The van der Waals surface area contributed by atoms with Gasteiger partial charge in [-0.3, -0.25) is 18.3 Å². The van der Waals surface area contributed by atoms with Gasteiger partial charge in [-0.25, -0.2) is 14.2 Å². The molecule has 3 aromatic heterocycles. The third-order valence-electron chi connectivity index (χ3n) is 6.47. The van der Waals surface area contributed by atoms with E-state index in [1.54, 1.807) is 4.40 Å². The Morgan fingerprint density at radius 1 is 0.944 bits per heavy atom. The van der Waals surface area contributed by atoms with Crippen LogP contribution in [0.3, 0.4) is 0 Å². The van der Waals surface area contributed by atoms with Crippen LogP contribution in [0.4, 0.5) is 0 Å².